The summed E-state index contributed by atoms with van der Waals surface area (Å²) in [6.07, 6.45) is 3.54. The van der Waals surface area contributed by atoms with Crippen molar-refractivity contribution in [3.63, 3.8) is 0 Å². The number of aromatic carboxylic acids is 1. The zero-order valence-electron chi connectivity index (χ0n) is 11.8. The van der Waals surface area contributed by atoms with Crippen molar-refractivity contribution in [2.45, 2.75) is 25.8 Å². The van der Waals surface area contributed by atoms with E-state index in [9.17, 15) is 9.90 Å². The van der Waals surface area contributed by atoms with Crippen molar-refractivity contribution >= 4 is 5.97 Å². The van der Waals surface area contributed by atoms with Gasteiger partial charge in [0, 0.05) is 26.2 Å². The average Bonchev–Trinajstić information content (AvgIpc) is 2.97. The number of rotatable bonds is 4. The number of carboxylic acids is 1. The molecule has 2 aliphatic rings. The van der Waals surface area contributed by atoms with Gasteiger partial charge >= 0.3 is 5.97 Å². The molecule has 1 fully saturated rings. The molecule has 0 atom stereocenters. The largest absolute Gasteiger partial charge is 0.478 e. The molecule has 0 radical (unpaired) electrons. The minimum absolute atomic E-state index is 0.488. The molecule has 0 saturated carbocycles. The quantitative estimate of drug-likeness (QED) is 0.910. The van der Waals surface area contributed by atoms with E-state index in [0.717, 1.165) is 38.2 Å². The summed E-state index contributed by atoms with van der Waals surface area (Å²) in [7, 11) is 0. The molecule has 1 saturated heterocycles. The Morgan fingerprint density at radius 1 is 1.10 bits per heavy atom. The highest BCUT2D eigenvalue weighted by Gasteiger charge is 2.21. The molecule has 0 spiro atoms. The molecule has 1 aromatic carbocycles. The lowest BCUT2D eigenvalue weighted by Crippen LogP contribution is -2.37. The lowest BCUT2D eigenvalue weighted by molar-refractivity contribution is 0.0694. The van der Waals surface area contributed by atoms with Gasteiger partial charge in [0.1, 0.15) is 0 Å². The van der Waals surface area contributed by atoms with E-state index in [1.165, 1.54) is 31.5 Å². The van der Waals surface area contributed by atoms with E-state index in [2.05, 4.69) is 15.9 Å². The highest BCUT2D eigenvalue weighted by atomic mass is 16.4. The van der Waals surface area contributed by atoms with E-state index in [4.69, 9.17) is 0 Å². The van der Waals surface area contributed by atoms with Crippen LogP contribution in [-0.2, 0) is 13.0 Å². The number of benzene rings is 1. The third kappa shape index (κ3) is 2.86. The first-order valence-corrected chi connectivity index (χ1v) is 7.53. The number of hydrogen-bond acceptors (Lipinski definition) is 3. The molecule has 2 aliphatic heterocycles. The first kappa shape index (κ1) is 13.6. The van der Waals surface area contributed by atoms with Crippen LogP contribution in [-0.4, -0.2) is 53.6 Å². The van der Waals surface area contributed by atoms with Crippen LogP contribution in [0.3, 0.4) is 0 Å². The molecule has 108 valence electrons. The third-order valence-corrected chi connectivity index (χ3v) is 4.51. The second kappa shape index (κ2) is 5.94. The number of fused-ring (bicyclic) bond motifs is 1. The van der Waals surface area contributed by atoms with Crippen molar-refractivity contribution in [1.29, 1.82) is 0 Å². The summed E-state index contributed by atoms with van der Waals surface area (Å²) < 4.78 is 0. The summed E-state index contributed by atoms with van der Waals surface area (Å²) >= 11 is 0. The van der Waals surface area contributed by atoms with Crippen molar-refractivity contribution in [2.24, 2.45) is 0 Å². The van der Waals surface area contributed by atoms with Crippen LogP contribution in [0, 0.1) is 0 Å². The number of likely N-dealkylation sites (tertiary alicyclic amines) is 1. The maximum Gasteiger partial charge on any atom is 0.335 e. The van der Waals surface area contributed by atoms with Gasteiger partial charge in [0.15, 0.2) is 0 Å². The normalized spacial score (nSPS) is 20.0. The molecule has 1 N–H and O–H groups in total. The molecule has 4 nitrogen and oxygen atoms in total. The summed E-state index contributed by atoms with van der Waals surface area (Å²) in [5.41, 5.74) is 2.72. The molecule has 2 heterocycles. The monoisotopic (exact) mass is 274 g/mol. The van der Waals surface area contributed by atoms with Crippen molar-refractivity contribution in [3.8, 4) is 0 Å². The number of carbonyl (C=O) groups is 1. The van der Waals surface area contributed by atoms with Gasteiger partial charge in [-0.15, -0.1) is 0 Å². The smallest absolute Gasteiger partial charge is 0.335 e. The van der Waals surface area contributed by atoms with Gasteiger partial charge < -0.3 is 10.0 Å². The summed E-state index contributed by atoms with van der Waals surface area (Å²) in [5.74, 6) is -0.799. The Labute approximate surface area is 120 Å². The Balaban J connectivity index is 1.63. The fraction of sp³-hybridized carbons (Fsp3) is 0.562. The van der Waals surface area contributed by atoms with E-state index < -0.39 is 5.97 Å². The van der Waals surface area contributed by atoms with E-state index in [0.29, 0.717) is 5.56 Å². The standard InChI is InChI=1S/C16H22N2O2/c19-16(20)15-5-3-4-13-12-18(9-6-14(13)15)11-10-17-7-1-2-8-17/h3-5H,1-2,6-12H2,(H,19,20). The predicted octanol–water partition coefficient (Wildman–Crippen LogP) is 1.84. The first-order chi connectivity index (χ1) is 9.74. The van der Waals surface area contributed by atoms with Gasteiger partial charge in [-0.1, -0.05) is 12.1 Å². The van der Waals surface area contributed by atoms with Crippen LogP contribution < -0.4 is 0 Å². The maximum atomic E-state index is 11.2. The molecule has 0 unspecified atom stereocenters. The van der Waals surface area contributed by atoms with Crippen LogP contribution >= 0.6 is 0 Å². The Morgan fingerprint density at radius 3 is 2.60 bits per heavy atom. The zero-order valence-corrected chi connectivity index (χ0v) is 11.8. The highest BCUT2D eigenvalue weighted by molar-refractivity contribution is 5.89. The predicted molar refractivity (Wildman–Crippen MR) is 78.1 cm³/mol. The molecule has 20 heavy (non-hydrogen) atoms. The minimum Gasteiger partial charge on any atom is -0.478 e. The van der Waals surface area contributed by atoms with Crippen molar-refractivity contribution in [3.05, 3.63) is 34.9 Å². The molecule has 1 aromatic rings. The highest BCUT2D eigenvalue weighted by Crippen LogP contribution is 2.22. The number of carboxylic acid groups (broad SMARTS) is 1. The van der Waals surface area contributed by atoms with Crippen LogP contribution in [0.4, 0.5) is 0 Å². The zero-order chi connectivity index (χ0) is 13.9. The second-order valence-electron chi connectivity index (χ2n) is 5.82. The van der Waals surface area contributed by atoms with Crippen molar-refractivity contribution < 1.29 is 9.90 Å². The maximum absolute atomic E-state index is 11.2. The van der Waals surface area contributed by atoms with Gasteiger partial charge in [-0.25, -0.2) is 4.79 Å². The van der Waals surface area contributed by atoms with Gasteiger partial charge in [0.2, 0.25) is 0 Å². The molecular formula is C16H22N2O2. The molecule has 0 aliphatic carbocycles. The van der Waals surface area contributed by atoms with Gasteiger partial charge in [-0.2, -0.15) is 0 Å². The van der Waals surface area contributed by atoms with E-state index in [1.54, 1.807) is 6.07 Å². The molecule has 4 heteroatoms. The second-order valence-corrected chi connectivity index (χ2v) is 5.82. The van der Waals surface area contributed by atoms with Gasteiger partial charge in [-0.05, 0) is 49.5 Å². The average molecular weight is 274 g/mol. The fourth-order valence-electron chi connectivity index (χ4n) is 3.35. The number of nitrogens with zero attached hydrogens (tertiary/aromatic N) is 2. The lowest BCUT2D eigenvalue weighted by atomic mass is 9.94. The Kier molecular flexibility index (Phi) is 4.03. The van der Waals surface area contributed by atoms with Crippen LogP contribution in [0.2, 0.25) is 0 Å². The number of hydrogen-bond donors (Lipinski definition) is 1. The Morgan fingerprint density at radius 2 is 1.85 bits per heavy atom. The molecule has 0 aromatic heterocycles. The van der Waals surface area contributed by atoms with Crippen molar-refractivity contribution in [1.82, 2.24) is 9.80 Å². The van der Waals surface area contributed by atoms with E-state index in [1.807, 2.05) is 6.07 Å². The van der Waals surface area contributed by atoms with Crippen molar-refractivity contribution in [2.75, 3.05) is 32.7 Å². The first-order valence-electron chi connectivity index (χ1n) is 7.53. The molecule has 0 amide bonds. The van der Waals surface area contributed by atoms with Crippen LogP contribution in [0.25, 0.3) is 0 Å². The topological polar surface area (TPSA) is 43.8 Å². The summed E-state index contributed by atoms with van der Waals surface area (Å²) in [4.78, 5) is 16.2. The van der Waals surface area contributed by atoms with E-state index in [-0.39, 0.29) is 0 Å². The fourth-order valence-corrected chi connectivity index (χ4v) is 3.35. The van der Waals surface area contributed by atoms with Crippen LogP contribution in [0.15, 0.2) is 18.2 Å². The Bertz CT molecular complexity index is 495. The summed E-state index contributed by atoms with van der Waals surface area (Å²) in [5, 5.41) is 9.23. The summed E-state index contributed by atoms with van der Waals surface area (Å²) in [6, 6.07) is 5.66. The summed E-state index contributed by atoms with van der Waals surface area (Å²) in [6.45, 7) is 6.60. The SMILES string of the molecule is O=C(O)c1cccc2c1CCN(CCN1CCCC1)C2. The lowest BCUT2D eigenvalue weighted by Gasteiger charge is -2.30. The third-order valence-electron chi connectivity index (χ3n) is 4.51. The molecule has 3 rings (SSSR count). The molecular weight excluding hydrogens is 252 g/mol. The Hall–Kier alpha value is -1.39. The molecule has 0 bridgehead atoms. The minimum atomic E-state index is -0.799. The van der Waals surface area contributed by atoms with Crippen LogP contribution in [0.1, 0.15) is 34.3 Å². The van der Waals surface area contributed by atoms with Gasteiger partial charge in [0.25, 0.3) is 0 Å². The van der Waals surface area contributed by atoms with Gasteiger partial charge in [-0.3, -0.25) is 4.90 Å². The van der Waals surface area contributed by atoms with E-state index >= 15 is 0 Å². The van der Waals surface area contributed by atoms with Gasteiger partial charge in [0.05, 0.1) is 5.56 Å². The van der Waals surface area contributed by atoms with Crippen LogP contribution in [0.5, 0.6) is 0 Å².